The van der Waals surface area contributed by atoms with Gasteiger partial charge >= 0.3 is 0 Å². The highest BCUT2D eigenvalue weighted by atomic mass is 14.9. The number of nitrogens with two attached hydrogens (primary N) is 1. The molecule has 0 aliphatic heterocycles. The Hall–Kier alpha value is -1.35. The molecule has 3 rings (SSSR count). The Morgan fingerprint density at radius 1 is 1.11 bits per heavy atom. The van der Waals surface area contributed by atoms with Crippen LogP contribution in [0.4, 0.5) is 0 Å². The minimum Gasteiger partial charge on any atom is -0.342 e. The number of benzene rings is 1. The Balaban J connectivity index is 1.91. The Kier molecular flexibility index (Phi) is 3.83. The van der Waals surface area contributed by atoms with Crippen molar-refractivity contribution in [2.24, 2.45) is 5.73 Å². The number of hydrogen-bond donors (Lipinski definition) is 2. The predicted molar refractivity (Wildman–Crippen MR) is 79.0 cm³/mol. The molecule has 0 atom stereocenters. The Morgan fingerprint density at radius 3 is 2.58 bits per heavy atom. The molecule has 0 amide bonds. The molecule has 19 heavy (non-hydrogen) atoms. The van der Waals surface area contributed by atoms with E-state index in [1.54, 1.807) is 0 Å². The van der Waals surface area contributed by atoms with Crippen molar-refractivity contribution < 1.29 is 0 Å². The van der Waals surface area contributed by atoms with Gasteiger partial charge in [-0.1, -0.05) is 44.2 Å². The van der Waals surface area contributed by atoms with Crippen LogP contribution in [0.2, 0.25) is 0 Å². The number of H-pyrrole nitrogens is 1. The number of nitrogens with zero attached hydrogens (tertiary/aromatic N) is 1. The topological polar surface area (TPSA) is 54.7 Å². The summed E-state index contributed by atoms with van der Waals surface area (Å²) < 4.78 is 0. The molecule has 2 aromatic rings. The largest absolute Gasteiger partial charge is 0.342 e. The van der Waals surface area contributed by atoms with E-state index in [4.69, 9.17) is 10.7 Å². The van der Waals surface area contributed by atoms with Crippen molar-refractivity contribution in [1.29, 1.82) is 0 Å². The molecule has 0 unspecified atom stereocenters. The van der Waals surface area contributed by atoms with Gasteiger partial charge < -0.3 is 10.7 Å². The average Bonchev–Trinajstić information content (AvgIpc) is 2.81. The fourth-order valence-corrected chi connectivity index (χ4v) is 3.20. The van der Waals surface area contributed by atoms with Gasteiger partial charge in [0.25, 0.3) is 0 Å². The first kappa shape index (κ1) is 12.7. The first-order valence-electron chi connectivity index (χ1n) is 7.56. The third-order valence-electron chi connectivity index (χ3n) is 4.33. The summed E-state index contributed by atoms with van der Waals surface area (Å²) in [4.78, 5) is 8.37. The van der Waals surface area contributed by atoms with Crippen LogP contribution in [0.1, 0.15) is 62.3 Å². The highest BCUT2D eigenvalue weighted by molar-refractivity contribution is 5.78. The minimum absolute atomic E-state index is 0.562. The van der Waals surface area contributed by atoms with Crippen LogP contribution >= 0.6 is 0 Å². The quantitative estimate of drug-likeness (QED) is 0.858. The van der Waals surface area contributed by atoms with Crippen molar-refractivity contribution in [2.45, 2.75) is 57.4 Å². The highest BCUT2D eigenvalue weighted by Gasteiger charge is 2.17. The van der Waals surface area contributed by atoms with Crippen LogP contribution in [0, 0.1) is 0 Å². The van der Waals surface area contributed by atoms with Crippen LogP contribution in [0.3, 0.4) is 0 Å². The first-order valence-corrected chi connectivity index (χ1v) is 7.56. The van der Waals surface area contributed by atoms with Crippen LogP contribution < -0.4 is 5.73 Å². The van der Waals surface area contributed by atoms with E-state index in [1.807, 2.05) is 0 Å². The molecule has 0 bridgehead atoms. The lowest BCUT2D eigenvalue weighted by atomic mass is 9.91. The molecule has 3 heteroatoms. The maximum Gasteiger partial charge on any atom is 0.110 e. The van der Waals surface area contributed by atoms with E-state index < -0.39 is 0 Å². The van der Waals surface area contributed by atoms with Crippen LogP contribution in [-0.2, 0) is 6.54 Å². The highest BCUT2D eigenvalue weighted by Crippen LogP contribution is 2.30. The maximum atomic E-state index is 5.80. The Labute approximate surface area is 114 Å². The molecule has 1 saturated carbocycles. The second-order valence-electron chi connectivity index (χ2n) is 5.68. The third-order valence-corrected chi connectivity index (χ3v) is 4.33. The zero-order chi connectivity index (χ0) is 13.1. The van der Waals surface area contributed by atoms with Gasteiger partial charge in [-0.05, 0) is 24.5 Å². The van der Waals surface area contributed by atoms with Crippen molar-refractivity contribution in [1.82, 2.24) is 9.97 Å². The fraction of sp³-hybridized carbons (Fsp3) is 0.562. The van der Waals surface area contributed by atoms with Crippen LogP contribution in [0.15, 0.2) is 18.2 Å². The summed E-state index contributed by atoms with van der Waals surface area (Å²) in [6.45, 7) is 0.562. The van der Waals surface area contributed by atoms with Crippen LogP contribution in [-0.4, -0.2) is 9.97 Å². The van der Waals surface area contributed by atoms with E-state index in [1.165, 1.54) is 50.8 Å². The summed E-state index contributed by atoms with van der Waals surface area (Å²) in [5.74, 6) is 1.79. The number of para-hydroxylation sites is 1. The van der Waals surface area contributed by atoms with Gasteiger partial charge in [-0.15, -0.1) is 0 Å². The van der Waals surface area contributed by atoms with Crippen molar-refractivity contribution in [3.05, 3.63) is 29.6 Å². The zero-order valence-corrected chi connectivity index (χ0v) is 11.5. The second kappa shape index (κ2) is 5.74. The summed E-state index contributed by atoms with van der Waals surface area (Å²) in [5.41, 5.74) is 9.15. The number of aromatic nitrogens is 2. The molecule has 1 aromatic carbocycles. The van der Waals surface area contributed by atoms with E-state index in [2.05, 4.69) is 23.2 Å². The van der Waals surface area contributed by atoms with Gasteiger partial charge in [0.05, 0.1) is 11.0 Å². The smallest absolute Gasteiger partial charge is 0.110 e. The molecule has 3 nitrogen and oxygen atoms in total. The number of rotatable bonds is 2. The summed E-state index contributed by atoms with van der Waals surface area (Å²) in [6, 6.07) is 6.24. The molecule has 1 heterocycles. The minimum atomic E-state index is 0.562. The lowest BCUT2D eigenvalue weighted by Crippen LogP contribution is -2.04. The number of hydrogen-bond acceptors (Lipinski definition) is 2. The van der Waals surface area contributed by atoms with E-state index in [0.717, 1.165) is 16.6 Å². The lowest BCUT2D eigenvalue weighted by molar-refractivity contribution is 0.445. The van der Waals surface area contributed by atoms with Crippen LogP contribution in [0.5, 0.6) is 0 Å². The summed E-state index contributed by atoms with van der Waals surface area (Å²) >= 11 is 0. The fourth-order valence-electron chi connectivity index (χ4n) is 3.20. The van der Waals surface area contributed by atoms with Crippen molar-refractivity contribution in [3.63, 3.8) is 0 Å². The second-order valence-corrected chi connectivity index (χ2v) is 5.68. The molecular formula is C16H23N3. The van der Waals surface area contributed by atoms with E-state index in [9.17, 15) is 0 Å². The molecule has 0 saturated heterocycles. The normalized spacial score (nSPS) is 18.4. The predicted octanol–water partition coefficient (Wildman–Crippen LogP) is 3.85. The molecule has 102 valence electrons. The first-order chi connectivity index (χ1) is 9.38. The summed E-state index contributed by atoms with van der Waals surface area (Å²) in [5, 5.41) is 0. The monoisotopic (exact) mass is 257 g/mol. The number of imidazole rings is 1. The molecular weight excluding hydrogens is 234 g/mol. The van der Waals surface area contributed by atoms with Crippen molar-refractivity contribution in [3.8, 4) is 0 Å². The lowest BCUT2D eigenvalue weighted by Gasteiger charge is -2.17. The maximum absolute atomic E-state index is 5.80. The van der Waals surface area contributed by atoms with E-state index in [-0.39, 0.29) is 0 Å². The van der Waals surface area contributed by atoms with Gasteiger partial charge in [0.15, 0.2) is 0 Å². The molecule has 0 spiro atoms. The van der Waals surface area contributed by atoms with E-state index >= 15 is 0 Å². The number of aromatic amines is 1. The average molecular weight is 257 g/mol. The molecule has 1 aliphatic rings. The molecule has 3 N–H and O–H groups in total. The van der Waals surface area contributed by atoms with Gasteiger partial charge in [0, 0.05) is 12.5 Å². The third kappa shape index (κ3) is 2.66. The number of nitrogens with one attached hydrogen (secondary N) is 1. The van der Waals surface area contributed by atoms with Gasteiger partial charge in [0.2, 0.25) is 0 Å². The zero-order valence-electron chi connectivity index (χ0n) is 11.5. The van der Waals surface area contributed by atoms with Crippen molar-refractivity contribution in [2.75, 3.05) is 0 Å². The van der Waals surface area contributed by atoms with Crippen molar-refractivity contribution >= 4 is 11.0 Å². The van der Waals surface area contributed by atoms with Gasteiger partial charge in [0.1, 0.15) is 5.82 Å². The molecule has 1 aromatic heterocycles. The molecule has 1 aliphatic carbocycles. The SMILES string of the molecule is NCc1cccc2[nH]c(C3CCCCCCC3)nc12. The van der Waals surface area contributed by atoms with Gasteiger partial charge in [-0.25, -0.2) is 4.98 Å². The molecule has 0 radical (unpaired) electrons. The number of fused-ring (bicyclic) bond motifs is 1. The van der Waals surface area contributed by atoms with E-state index in [0.29, 0.717) is 12.5 Å². The Morgan fingerprint density at radius 2 is 1.84 bits per heavy atom. The standard InChI is InChI=1S/C16H23N3/c17-11-13-9-6-10-14-15(13)19-16(18-14)12-7-4-2-1-3-5-8-12/h6,9-10,12H,1-5,7-8,11,17H2,(H,18,19). The summed E-state index contributed by atoms with van der Waals surface area (Å²) in [7, 11) is 0. The van der Waals surface area contributed by atoms with Crippen LogP contribution in [0.25, 0.3) is 11.0 Å². The molecule has 1 fully saturated rings. The van der Waals surface area contributed by atoms with Gasteiger partial charge in [-0.2, -0.15) is 0 Å². The Bertz CT molecular complexity index is 536. The summed E-state index contributed by atoms with van der Waals surface area (Å²) in [6.07, 6.45) is 9.40. The van der Waals surface area contributed by atoms with Gasteiger partial charge in [-0.3, -0.25) is 0 Å².